The van der Waals surface area contributed by atoms with Gasteiger partial charge in [0.2, 0.25) is 0 Å². The molecule has 0 unspecified atom stereocenters. The van der Waals surface area contributed by atoms with Crippen molar-refractivity contribution in [2.24, 2.45) is 0 Å². The summed E-state index contributed by atoms with van der Waals surface area (Å²) in [4.78, 5) is 23.4. The molecule has 1 amide bonds. The number of Topliss-reactive ketones (excluding diaryl/α,β-unsaturated/α-hetero) is 1. The molecule has 0 aromatic heterocycles. The molecule has 4 nitrogen and oxygen atoms in total. The van der Waals surface area contributed by atoms with Gasteiger partial charge in [0.05, 0.1) is 6.54 Å². The van der Waals surface area contributed by atoms with Crippen LogP contribution in [0.4, 0.5) is 4.79 Å². The Morgan fingerprint density at radius 2 is 1.81 bits per heavy atom. The number of nitrogens with zero attached hydrogens (tertiary/aromatic N) is 1. The van der Waals surface area contributed by atoms with E-state index in [2.05, 4.69) is 0 Å². The number of likely N-dealkylation sites (N-methyl/N-ethyl adjacent to an activating group) is 1. The molecule has 4 heteroatoms. The molecule has 1 N–H and O–H groups in total. The minimum absolute atomic E-state index is 0. The lowest BCUT2D eigenvalue weighted by atomic mass is 10.1. The Balaban J connectivity index is 0.00000225. The summed E-state index contributed by atoms with van der Waals surface area (Å²) < 4.78 is 0. The van der Waals surface area contributed by atoms with Crippen LogP contribution in [0.3, 0.4) is 0 Å². The number of rotatable bonds is 4. The van der Waals surface area contributed by atoms with E-state index in [9.17, 15) is 9.59 Å². The van der Waals surface area contributed by atoms with E-state index in [0.717, 1.165) is 4.90 Å². The Bertz CT molecular complexity index is 349. The third-order valence-corrected chi connectivity index (χ3v) is 2.08. The Kier molecular flexibility index (Phi) is 5.85. The van der Waals surface area contributed by atoms with Gasteiger partial charge >= 0.3 is 6.09 Å². The van der Waals surface area contributed by atoms with Gasteiger partial charge in [-0.25, -0.2) is 4.79 Å². The zero-order chi connectivity index (χ0) is 11.3. The summed E-state index contributed by atoms with van der Waals surface area (Å²) in [5, 5.41) is 8.74. The van der Waals surface area contributed by atoms with Crippen molar-refractivity contribution in [2.45, 2.75) is 14.4 Å². The van der Waals surface area contributed by atoms with Gasteiger partial charge in [0.15, 0.2) is 5.78 Å². The van der Waals surface area contributed by atoms with E-state index in [1.807, 2.05) is 6.07 Å². The van der Waals surface area contributed by atoms with Gasteiger partial charge in [-0.15, -0.1) is 0 Å². The fourth-order valence-electron chi connectivity index (χ4n) is 1.20. The Hall–Kier alpha value is -1.84. The Labute approximate surface area is 95.5 Å². The SMILES string of the molecule is C.CCN(CC(=O)c1ccccc1)C(=O)O. The molecule has 88 valence electrons. The minimum atomic E-state index is -1.07. The summed E-state index contributed by atoms with van der Waals surface area (Å²) in [6.45, 7) is 1.93. The van der Waals surface area contributed by atoms with E-state index < -0.39 is 6.09 Å². The summed E-state index contributed by atoms with van der Waals surface area (Å²) in [5.74, 6) is -0.181. The van der Waals surface area contributed by atoms with Gasteiger partial charge in [-0.3, -0.25) is 4.79 Å². The van der Waals surface area contributed by atoms with E-state index >= 15 is 0 Å². The number of carboxylic acid groups (broad SMARTS) is 1. The maximum absolute atomic E-state index is 11.6. The first-order valence-electron chi connectivity index (χ1n) is 4.71. The van der Waals surface area contributed by atoms with E-state index in [1.54, 1.807) is 31.2 Å². The van der Waals surface area contributed by atoms with Crippen LogP contribution >= 0.6 is 0 Å². The maximum Gasteiger partial charge on any atom is 0.407 e. The van der Waals surface area contributed by atoms with E-state index in [-0.39, 0.29) is 19.8 Å². The number of hydrogen-bond acceptors (Lipinski definition) is 2. The van der Waals surface area contributed by atoms with Crippen molar-refractivity contribution < 1.29 is 14.7 Å². The average molecular weight is 223 g/mol. The van der Waals surface area contributed by atoms with Gasteiger partial charge in [0, 0.05) is 12.1 Å². The number of benzene rings is 1. The molecule has 0 aliphatic rings. The zero-order valence-corrected chi connectivity index (χ0v) is 8.51. The van der Waals surface area contributed by atoms with E-state index in [0.29, 0.717) is 12.1 Å². The first-order valence-corrected chi connectivity index (χ1v) is 4.71. The number of carbonyl (C=O) groups excluding carboxylic acids is 1. The molecule has 0 aliphatic carbocycles. The van der Waals surface area contributed by atoms with Crippen LogP contribution < -0.4 is 0 Å². The molecule has 0 saturated carbocycles. The molecular formula is C12H17NO3. The van der Waals surface area contributed by atoms with Crippen molar-refractivity contribution in [1.29, 1.82) is 0 Å². The summed E-state index contributed by atoms with van der Waals surface area (Å²) in [6, 6.07) is 8.68. The molecule has 1 aromatic carbocycles. The Morgan fingerprint density at radius 3 is 2.25 bits per heavy atom. The van der Waals surface area contributed by atoms with E-state index in [4.69, 9.17) is 5.11 Å². The first-order chi connectivity index (χ1) is 7.15. The van der Waals surface area contributed by atoms with Crippen molar-refractivity contribution in [1.82, 2.24) is 4.90 Å². The highest BCUT2D eigenvalue weighted by Gasteiger charge is 2.14. The molecule has 0 bridgehead atoms. The number of amides is 1. The van der Waals surface area contributed by atoms with Gasteiger partial charge in [0.1, 0.15) is 0 Å². The number of carbonyl (C=O) groups is 2. The van der Waals surface area contributed by atoms with Gasteiger partial charge in [0.25, 0.3) is 0 Å². The topological polar surface area (TPSA) is 57.6 Å². The van der Waals surface area contributed by atoms with Crippen LogP contribution in [0.5, 0.6) is 0 Å². The predicted molar refractivity (Wildman–Crippen MR) is 62.8 cm³/mol. The van der Waals surface area contributed by atoms with E-state index in [1.165, 1.54) is 0 Å². The molecule has 0 atom stereocenters. The maximum atomic E-state index is 11.6. The molecule has 0 fully saturated rings. The third-order valence-electron chi connectivity index (χ3n) is 2.08. The number of hydrogen-bond donors (Lipinski definition) is 1. The summed E-state index contributed by atoms with van der Waals surface area (Å²) in [7, 11) is 0. The highest BCUT2D eigenvalue weighted by Crippen LogP contribution is 2.02. The Morgan fingerprint density at radius 1 is 1.25 bits per heavy atom. The lowest BCUT2D eigenvalue weighted by Gasteiger charge is -2.15. The predicted octanol–water partition coefficient (Wildman–Crippen LogP) is 2.51. The third kappa shape index (κ3) is 3.73. The second kappa shape index (κ2) is 6.61. The molecule has 0 saturated heterocycles. The van der Waals surface area contributed by atoms with Crippen LogP contribution in [0, 0.1) is 0 Å². The second-order valence-electron chi connectivity index (χ2n) is 3.09. The smallest absolute Gasteiger partial charge is 0.407 e. The largest absolute Gasteiger partial charge is 0.465 e. The van der Waals surface area contributed by atoms with Crippen molar-refractivity contribution in [3.05, 3.63) is 35.9 Å². The highest BCUT2D eigenvalue weighted by molar-refractivity contribution is 5.98. The molecule has 0 heterocycles. The fourth-order valence-corrected chi connectivity index (χ4v) is 1.20. The van der Waals surface area contributed by atoms with Crippen molar-refractivity contribution in [3.8, 4) is 0 Å². The lowest BCUT2D eigenvalue weighted by molar-refractivity contribution is 0.0913. The zero-order valence-electron chi connectivity index (χ0n) is 8.51. The van der Waals surface area contributed by atoms with Crippen LogP contribution in [-0.2, 0) is 0 Å². The molecule has 1 rings (SSSR count). The van der Waals surface area contributed by atoms with Crippen LogP contribution in [0.1, 0.15) is 24.7 Å². The summed E-state index contributed by atoms with van der Waals surface area (Å²) >= 11 is 0. The molecule has 1 aromatic rings. The number of ketones is 1. The molecule has 0 spiro atoms. The first kappa shape index (κ1) is 14.2. The van der Waals surface area contributed by atoms with Crippen LogP contribution in [0.2, 0.25) is 0 Å². The quantitative estimate of drug-likeness (QED) is 0.798. The second-order valence-corrected chi connectivity index (χ2v) is 3.09. The fraction of sp³-hybridized carbons (Fsp3) is 0.333. The van der Waals surface area contributed by atoms with Crippen LogP contribution in [0.25, 0.3) is 0 Å². The molecule has 0 aliphatic heterocycles. The lowest BCUT2D eigenvalue weighted by Crippen LogP contribution is -2.34. The van der Waals surface area contributed by atoms with Crippen LogP contribution in [-0.4, -0.2) is 35.0 Å². The standard InChI is InChI=1S/C11H13NO3.CH4/c1-2-12(11(14)15)8-10(13)9-6-4-3-5-7-9;/h3-7H,2,8H2,1H3,(H,14,15);1H4. The van der Waals surface area contributed by atoms with Gasteiger partial charge in [-0.1, -0.05) is 37.8 Å². The minimum Gasteiger partial charge on any atom is -0.465 e. The molecule has 0 radical (unpaired) electrons. The molecular weight excluding hydrogens is 206 g/mol. The highest BCUT2D eigenvalue weighted by atomic mass is 16.4. The van der Waals surface area contributed by atoms with Gasteiger partial charge < -0.3 is 10.0 Å². The van der Waals surface area contributed by atoms with Crippen molar-refractivity contribution >= 4 is 11.9 Å². The van der Waals surface area contributed by atoms with Gasteiger partial charge in [-0.2, -0.15) is 0 Å². The van der Waals surface area contributed by atoms with Crippen LogP contribution in [0.15, 0.2) is 30.3 Å². The monoisotopic (exact) mass is 223 g/mol. The summed E-state index contributed by atoms with van der Waals surface area (Å²) in [6.07, 6.45) is -1.07. The normalized spacial score (nSPS) is 9.06. The molecule has 16 heavy (non-hydrogen) atoms. The van der Waals surface area contributed by atoms with Gasteiger partial charge in [-0.05, 0) is 6.92 Å². The summed E-state index contributed by atoms with van der Waals surface area (Å²) in [5.41, 5.74) is 0.539. The van der Waals surface area contributed by atoms with Crippen molar-refractivity contribution in [2.75, 3.05) is 13.1 Å². The average Bonchev–Trinajstić information content (AvgIpc) is 2.26. The van der Waals surface area contributed by atoms with Crippen molar-refractivity contribution in [3.63, 3.8) is 0 Å².